The number of ether oxygens (including phenoxy) is 4. The summed E-state index contributed by atoms with van der Waals surface area (Å²) in [6.07, 6.45) is 59.5. The highest BCUT2D eigenvalue weighted by Crippen LogP contribution is 2.23. The first-order valence-corrected chi connectivity index (χ1v) is 28.0. The van der Waals surface area contributed by atoms with Crippen LogP contribution in [-0.2, 0) is 23.7 Å². The van der Waals surface area contributed by atoms with Gasteiger partial charge in [0.15, 0.2) is 6.29 Å². The van der Waals surface area contributed by atoms with Gasteiger partial charge in [-0.1, -0.05) is 234 Å². The van der Waals surface area contributed by atoms with Gasteiger partial charge in [-0.15, -0.1) is 0 Å². The van der Waals surface area contributed by atoms with E-state index in [0.717, 1.165) is 64.2 Å². The van der Waals surface area contributed by atoms with Gasteiger partial charge < -0.3 is 39.4 Å². The summed E-state index contributed by atoms with van der Waals surface area (Å²) in [5, 5.41) is 40.3. The molecule has 0 aromatic heterocycles. The molecular weight excluding hydrogens is 853 g/mol. The van der Waals surface area contributed by atoms with Crippen molar-refractivity contribution in [2.45, 2.75) is 269 Å². The van der Waals surface area contributed by atoms with Crippen LogP contribution in [0.3, 0.4) is 0 Å². The van der Waals surface area contributed by atoms with Gasteiger partial charge in [0.1, 0.15) is 30.5 Å². The Morgan fingerprint density at radius 1 is 0.485 bits per heavy atom. The molecule has 0 bridgehead atoms. The van der Waals surface area contributed by atoms with Crippen molar-refractivity contribution < 1.29 is 44.2 Å². The van der Waals surface area contributed by atoms with E-state index in [2.05, 4.69) is 86.8 Å². The van der Waals surface area contributed by atoms with Gasteiger partial charge in [-0.25, -0.2) is 0 Å². The molecule has 394 valence electrons. The SMILES string of the molecule is CC/C=C\C/C=C\C/C=C\C/C=C\C/C=C\C/C=C\CCCCC(=O)OC(COCCCCCCCCCCCCCCCCCCCCCCCCCC)COC1OC(CO)C(O)C(O)C1O. The molecule has 6 atom stereocenters. The Bertz CT molecular complexity index is 1270. The number of hydrogen-bond donors (Lipinski definition) is 4. The van der Waals surface area contributed by atoms with Crippen molar-refractivity contribution in [1.29, 1.82) is 0 Å². The topological polar surface area (TPSA) is 135 Å². The number of carbonyl (C=O) groups excluding carboxylic acids is 1. The lowest BCUT2D eigenvalue weighted by atomic mass is 9.99. The third kappa shape index (κ3) is 39.4. The molecule has 6 unspecified atom stereocenters. The first kappa shape index (κ1) is 63.6. The number of unbranched alkanes of at least 4 members (excludes halogenated alkanes) is 25. The van der Waals surface area contributed by atoms with Crippen LogP contribution in [0.2, 0.25) is 0 Å². The first-order chi connectivity index (χ1) is 33.4. The summed E-state index contributed by atoms with van der Waals surface area (Å²) in [5.41, 5.74) is 0. The van der Waals surface area contributed by atoms with Crippen molar-refractivity contribution in [3.05, 3.63) is 72.9 Å². The molecule has 1 aliphatic heterocycles. The van der Waals surface area contributed by atoms with Crippen LogP contribution in [0.15, 0.2) is 72.9 Å². The molecular formula is C59H104O9. The quantitative estimate of drug-likeness (QED) is 0.0267. The largest absolute Gasteiger partial charge is 0.457 e. The monoisotopic (exact) mass is 957 g/mol. The molecule has 4 N–H and O–H groups in total. The third-order valence-corrected chi connectivity index (χ3v) is 12.6. The molecule has 9 nitrogen and oxygen atoms in total. The van der Waals surface area contributed by atoms with E-state index < -0.39 is 43.4 Å². The number of carbonyl (C=O) groups is 1. The summed E-state index contributed by atoms with van der Waals surface area (Å²) in [7, 11) is 0. The average Bonchev–Trinajstić information content (AvgIpc) is 3.34. The molecule has 68 heavy (non-hydrogen) atoms. The fourth-order valence-corrected chi connectivity index (χ4v) is 8.32. The van der Waals surface area contributed by atoms with E-state index in [-0.39, 0.29) is 25.6 Å². The second kappa shape index (κ2) is 49.6. The zero-order chi connectivity index (χ0) is 49.2. The van der Waals surface area contributed by atoms with E-state index in [0.29, 0.717) is 13.0 Å². The molecule has 1 aliphatic rings. The summed E-state index contributed by atoms with van der Waals surface area (Å²) < 4.78 is 22.9. The molecule has 0 aromatic rings. The molecule has 1 saturated heterocycles. The zero-order valence-corrected chi connectivity index (χ0v) is 43.6. The van der Waals surface area contributed by atoms with Crippen molar-refractivity contribution >= 4 is 5.97 Å². The predicted octanol–water partition coefficient (Wildman–Crippen LogP) is 14.4. The summed E-state index contributed by atoms with van der Waals surface area (Å²) in [4.78, 5) is 12.8. The van der Waals surface area contributed by atoms with E-state index >= 15 is 0 Å². The molecule has 0 amide bonds. The summed E-state index contributed by atoms with van der Waals surface area (Å²) in [6.45, 7) is 4.42. The predicted molar refractivity (Wildman–Crippen MR) is 284 cm³/mol. The number of rotatable bonds is 48. The Labute approximate surface area is 417 Å². The highest BCUT2D eigenvalue weighted by Gasteiger charge is 2.44. The molecule has 0 aromatic carbocycles. The van der Waals surface area contributed by atoms with Crippen molar-refractivity contribution in [3.63, 3.8) is 0 Å². The van der Waals surface area contributed by atoms with Crippen molar-refractivity contribution in [1.82, 2.24) is 0 Å². The van der Waals surface area contributed by atoms with E-state index in [1.807, 2.05) is 0 Å². The lowest BCUT2D eigenvalue weighted by Crippen LogP contribution is -2.59. The molecule has 0 saturated carbocycles. The van der Waals surface area contributed by atoms with Gasteiger partial charge >= 0.3 is 5.97 Å². The Kier molecular flexibility index (Phi) is 46.4. The van der Waals surface area contributed by atoms with Crippen molar-refractivity contribution in [2.24, 2.45) is 0 Å². The fraction of sp³-hybridized carbons (Fsp3) is 0.780. The fourth-order valence-electron chi connectivity index (χ4n) is 8.32. The van der Waals surface area contributed by atoms with Crippen LogP contribution in [0.4, 0.5) is 0 Å². The standard InChI is InChI=1S/C59H104O9/c1-3-5-7-9-11-13-15-17-19-21-23-25-26-27-29-31-33-35-37-39-41-43-45-47-49-65-51-53(52-66-59-58(64)57(63)56(62)54(50-60)68-59)67-55(61)48-46-44-42-40-38-36-34-32-30-28-24-22-20-18-16-14-12-10-8-6-4-2/h6,8,12,14,18,20,24,28,32,34,38,40,53-54,56-60,62-64H,3-5,7,9-11,13,15-17,19,21-23,25-27,29-31,33,35-37,39,41-52H2,1-2H3/b8-6-,14-12-,20-18-,28-24-,34-32-,40-38-. The highest BCUT2D eigenvalue weighted by molar-refractivity contribution is 5.69. The van der Waals surface area contributed by atoms with Crippen LogP contribution in [0.1, 0.15) is 232 Å². The Hall–Kier alpha value is -2.37. The summed E-state index contributed by atoms with van der Waals surface area (Å²) in [6, 6.07) is 0. The number of hydrogen-bond acceptors (Lipinski definition) is 9. The Morgan fingerprint density at radius 3 is 1.32 bits per heavy atom. The summed E-state index contributed by atoms with van der Waals surface area (Å²) in [5.74, 6) is -0.353. The normalized spacial score (nSPS) is 19.6. The molecule has 0 radical (unpaired) electrons. The third-order valence-electron chi connectivity index (χ3n) is 12.6. The van der Waals surface area contributed by atoms with Crippen LogP contribution in [-0.4, -0.2) is 89.6 Å². The van der Waals surface area contributed by atoms with Gasteiger partial charge in [0.05, 0.1) is 19.8 Å². The zero-order valence-electron chi connectivity index (χ0n) is 43.6. The minimum atomic E-state index is -1.55. The molecule has 0 aliphatic carbocycles. The molecule has 9 heteroatoms. The second-order valence-electron chi connectivity index (χ2n) is 19.0. The van der Waals surface area contributed by atoms with Crippen LogP contribution in [0.5, 0.6) is 0 Å². The maximum absolute atomic E-state index is 12.8. The first-order valence-electron chi connectivity index (χ1n) is 28.0. The maximum Gasteiger partial charge on any atom is 0.306 e. The van der Waals surface area contributed by atoms with Gasteiger partial charge in [-0.2, -0.15) is 0 Å². The van der Waals surface area contributed by atoms with Gasteiger partial charge in [0, 0.05) is 13.0 Å². The number of aliphatic hydroxyl groups is 4. The average molecular weight is 957 g/mol. The number of esters is 1. The Balaban J connectivity index is 2.20. The minimum absolute atomic E-state index is 0.126. The van der Waals surface area contributed by atoms with E-state index in [1.165, 1.54) is 141 Å². The van der Waals surface area contributed by atoms with E-state index in [4.69, 9.17) is 18.9 Å². The van der Waals surface area contributed by atoms with Crippen molar-refractivity contribution in [2.75, 3.05) is 26.4 Å². The lowest BCUT2D eigenvalue weighted by molar-refractivity contribution is -0.305. The van der Waals surface area contributed by atoms with Crippen LogP contribution < -0.4 is 0 Å². The molecule has 1 fully saturated rings. The van der Waals surface area contributed by atoms with Gasteiger partial charge in [-0.3, -0.25) is 4.79 Å². The van der Waals surface area contributed by atoms with Gasteiger partial charge in [-0.05, 0) is 64.2 Å². The van der Waals surface area contributed by atoms with Crippen molar-refractivity contribution in [3.8, 4) is 0 Å². The molecule has 1 rings (SSSR count). The van der Waals surface area contributed by atoms with E-state index in [9.17, 15) is 25.2 Å². The van der Waals surface area contributed by atoms with E-state index in [1.54, 1.807) is 0 Å². The minimum Gasteiger partial charge on any atom is -0.457 e. The highest BCUT2D eigenvalue weighted by atomic mass is 16.7. The summed E-state index contributed by atoms with van der Waals surface area (Å²) >= 11 is 0. The second-order valence-corrected chi connectivity index (χ2v) is 19.0. The molecule has 0 spiro atoms. The van der Waals surface area contributed by atoms with Gasteiger partial charge in [0.2, 0.25) is 0 Å². The number of allylic oxidation sites excluding steroid dienone is 12. The Morgan fingerprint density at radius 2 is 0.897 bits per heavy atom. The smallest absolute Gasteiger partial charge is 0.306 e. The van der Waals surface area contributed by atoms with Gasteiger partial charge in [0.25, 0.3) is 0 Å². The number of aliphatic hydroxyl groups excluding tert-OH is 4. The van der Waals surface area contributed by atoms with Crippen LogP contribution >= 0.6 is 0 Å². The van der Waals surface area contributed by atoms with Crippen LogP contribution in [0, 0.1) is 0 Å². The van der Waals surface area contributed by atoms with Crippen LogP contribution in [0.25, 0.3) is 0 Å². The maximum atomic E-state index is 12.8. The molecule has 1 heterocycles. The lowest BCUT2D eigenvalue weighted by Gasteiger charge is -2.39.